The molecule has 3 N–H and O–H groups in total. The van der Waals surface area contributed by atoms with Crippen LogP contribution in [0.5, 0.6) is 0 Å². The third kappa shape index (κ3) is 2.54. The van der Waals surface area contributed by atoms with Crippen molar-refractivity contribution in [1.29, 1.82) is 0 Å². The van der Waals surface area contributed by atoms with Crippen LogP contribution in [0.25, 0.3) is 0 Å². The largest absolute Gasteiger partial charge is 0.329 e. The van der Waals surface area contributed by atoms with Crippen LogP contribution in [-0.2, 0) is 16.6 Å². The second kappa shape index (κ2) is 4.88. The fraction of sp³-hybridized carbons (Fsp3) is 0.750. The summed E-state index contributed by atoms with van der Waals surface area (Å²) in [6, 6.07) is 0.113. The van der Waals surface area contributed by atoms with Gasteiger partial charge in [-0.2, -0.15) is 5.10 Å². The van der Waals surface area contributed by atoms with Gasteiger partial charge in [-0.15, -0.1) is 0 Å². The summed E-state index contributed by atoms with van der Waals surface area (Å²) in [5.74, 6) is 1.25. The van der Waals surface area contributed by atoms with Crippen molar-refractivity contribution in [2.24, 2.45) is 17.6 Å². The van der Waals surface area contributed by atoms with E-state index in [1.54, 1.807) is 10.9 Å². The lowest BCUT2D eigenvalue weighted by Crippen LogP contribution is -2.38. The van der Waals surface area contributed by atoms with Crippen LogP contribution < -0.4 is 10.5 Å². The summed E-state index contributed by atoms with van der Waals surface area (Å²) < 4.78 is 29.0. The molecule has 2 aliphatic rings. The highest BCUT2D eigenvalue weighted by atomic mass is 32.2. The van der Waals surface area contributed by atoms with Gasteiger partial charge in [0, 0.05) is 18.8 Å². The number of nitrogens with two attached hydrogens (primary N) is 1. The SMILES string of the molecule is NCCn1cc(S(=O)(=O)NC2CC3CCC2C3)cn1. The van der Waals surface area contributed by atoms with Gasteiger partial charge in [-0.1, -0.05) is 6.42 Å². The number of nitrogens with one attached hydrogen (secondary N) is 1. The van der Waals surface area contributed by atoms with Crippen LogP contribution >= 0.6 is 0 Å². The minimum absolute atomic E-state index is 0.113. The summed E-state index contributed by atoms with van der Waals surface area (Å²) >= 11 is 0. The molecular weight excluding hydrogens is 264 g/mol. The lowest BCUT2D eigenvalue weighted by molar-refractivity contribution is 0.390. The molecule has 6 nitrogen and oxygen atoms in total. The first kappa shape index (κ1) is 13.1. The van der Waals surface area contributed by atoms with Gasteiger partial charge in [0.15, 0.2) is 0 Å². The predicted octanol–water partition coefficient (Wildman–Crippen LogP) is 0.309. The van der Waals surface area contributed by atoms with Crippen molar-refractivity contribution in [3.63, 3.8) is 0 Å². The molecule has 7 heteroatoms. The van der Waals surface area contributed by atoms with E-state index in [1.807, 2.05) is 0 Å². The van der Waals surface area contributed by atoms with E-state index in [-0.39, 0.29) is 10.9 Å². The fourth-order valence-electron chi connectivity index (χ4n) is 3.39. The summed E-state index contributed by atoms with van der Waals surface area (Å²) in [5, 5.41) is 4.01. The van der Waals surface area contributed by atoms with E-state index in [2.05, 4.69) is 9.82 Å². The van der Waals surface area contributed by atoms with Crippen molar-refractivity contribution in [3.05, 3.63) is 12.4 Å². The molecule has 3 rings (SSSR count). The Balaban J connectivity index is 1.71. The van der Waals surface area contributed by atoms with Crippen LogP contribution in [0.1, 0.15) is 25.7 Å². The first-order valence-corrected chi connectivity index (χ1v) is 8.31. The van der Waals surface area contributed by atoms with Crippen molar-refractivity contribution < 1.29 is 8.42 Å². The zero-order valence-electron chi connectivity index (χ0n) is 10.8. The zero-order valence-corrected chi connectivity index (χ0v) is 11.6. The molecule has 106 valence electrons. The number of sulfonamides is 1. The van der Waals surface area contributed by atoms with E-state index in [4.69, 9.17) is 5.73 Å². The molecule has 2 saturated carbocycles. The van der Waals surface area contributed by atoms with Gasteiger partial charge in [0.1, 0.15) is 4.90 Å². The van der Waals surface area contributed by atoms with Gasteiger partial charge in [0.2, 0.25) is 10.0 Å². The summed E-state index contributed by atoms with van der Waals surface area (Å²) in [7, 11) is -3.44. The minimum atomic E-state index is -3.44. The van der Waals surface area contributed by atoms with E-state index in [0.29, 0.717) is 19.0 Å². The van der Waals surface area contributed by atoms with Gasteiger partial charge in [0.25, 0.3) is 0 Å². The summed E-state index contributed by atoms with van der Waals surface area (Å²) in [6.07, 6.45) is 7.52. The molecular formula is C12H20N4O2S. The number of hydrogen-bond donors (Lipinski definition) is 2. The van der Waals surface area contributed by atoms with Gasteiger partial charge in [0.05, 0.1) is 12.7 Å². The van der Waals surface area contributed by atoms with E-state index >= 15 is 0 Å². The molecule has 1 aromatic rings. The second-order valence-electron chi connectivity index (χ2n) is 5.63. The third-order valence-electron chi connectivity index (χ3n) is 4.32. The molecule has 0 radical (unpaired) electrons. The summed E-state index contributed by atoms with van der Waals surface area (Å²) in [6.45, 7) is 0.977. The second-order valence-corrected chi connectivity index (χ2v) is 7.34. The Kier molecular flexibility index (Phi) is 3.36. The molecule has 0 saturated heterocycles. The Morgan fingerprint density at radius 3 is 2.89 bits per heavy atom. The van der Waals surface area contributed by atoms with Gasteiger partial charge < -0.3 is 5.73 Å². The Morgan fingerprint density at radius 2 is 2.26 bits per heavy atom. The molecule has 0 aliphatic heterocycles. The van der Waals surface area contributed by atoms with E-state index in [9.17, 15) is 8.42 Å². The summed E-state index contributed by atoms with van der Waals surface area (Å²) in [4.78, 5) is 0.240. The fourth-order valence-corrected chi connectivity index (χ4v) is 4.66. The van der Waals surface area contributed by atoms with E-state index < -0.39 is 10.0 Å². The van der Waals surface area contributed by atoms with Crippen molar-refractivity contribution in [2.45, 2.75) is 43.2 Å². The van der Waals surface area contributed by atoms with Crippen LogP contribution in [0, 0.1) is 11.8 Å². The number of nitrogens with zero attached hydrogens (tertiary/aromatic N) is 2. The topological polar surface area (TPSA) is 90.0 Å². The Morgan fingerprint density at radius 1 is 1.42 bits per heavy atom. The van der Waals surface area contributed by atoms with Crippen LogP contribution in [0.2, 0.25) is 0 Å². The molecule has 0 amide bonds. The first-order chi connectivity index (χ1) is 9.08. The molecule has 0 aromatic carbocycles. The first-order valence-electron chi connectivity index (χ1n) is 6.83. The van der Waals surface area contributed by atoms with Gasteiger partial charge >= 0.3 is 0 Å². The highest BCUT2D eigenvalue weighted by molar-refractivity contribution is 7.89. The highest BCUT2D eigenvalue weighted by Gasteiger charge is 2.41. The van der Waals surface area contributed by atoms with Crippen LogP contribution in [0.3, 0.4) is 0 Å². The lowest BCUT2D eigenvalue weighted by Gasteiger charge is -2.22. The number of rotatable bonds is 5. The minimum Gasteiger partial charge on any atom is -0.329 e. The maximum atomic E-state index is 12.3. The van der Waals surface area contributed by atoms with Crippen molar-refractivity contribution in [2.75, 3.05) is 6.54 Å². The van der Waals surface area contributed by atoms with Gasteiger partial charge in [-0.3, -0.25) is 4.68 Å². The monoisotopic (exact) mass is 284 g/mol. The average Bonchev–Trinajstić information content (AvgIpc) is 3.03. The number of fused-ring (bicyclic) bond motifs is 2. The smallest absolute Gasteiger partial charge is 0.243 e. The van der Waals surface area contributed by atoms with Crippen LogP contribution in [-0.4, -0.2) is 30.8 Å². The molecule has 3 unspecified atom stereocenters. The lowest BCUT2D eigenvalue weighted by atomic mass is 9.96. The Hall–Kier alpha value is -0.920. The normalized spacial score (nSPS) is 30.1. The summed E-state index contributed by atoms with van der Waals surface area (Å²) in [5.41, 5.74) is 5.43. The van der Waals surface area contributed by atoms with E-state index in [0.717, 1.165) is 18.8 Å². The van der Waals surface area contributed by atoms with Crippen LogP contribution in [0.4, 0.5) is 0 Å². The molecule has 1 aromatic heterocycles. The molecule has 2 aliphatic carbocycles. The predicted molar refractivity (Wildman–Crippen MR) is 70.8 cm³/mol. The maximum Gasteiger partial charge on any atom is 0.243 e. The standard InChI is InChI=1S/C12H20N4O2S/c13-3-4-16-8-11(7-14-16)19(17,18)15-12-6-9-1-2-10(12)5-9/h7-10,12,15H,1-6,13H2. The van der Waals surface area contributed by atoms with Gasteiger partial charge in [-0.05, 0) is 31.1 Å². The van der Waals surface area contributed by atoms with E-state index in [1.165, 1.54) is 19.0 Å². The molecule has 1 heterocycles. The highest BCUT2D eigenvalue weighted by Crippen LogP contribution is 2.44. The molecule has 0 spiro atoms. The molecule has 2 bridgehead atoms. The van der Waals surface area contributed by atoms with Crippen molar-refractivity contribution in [1.82, 2.24) is 14.5 Å². The third-order valence-corrected chi connectivity index (χ3v) is 5.77. The Bertz CT molecular complexity index is 554. The number of hydrogen-bond acceptors (Lipinski definition) is 4. The molecule has 3 atom stereocenters. The van der Waals surface area contributed by atoms with Crippen molar-refractivity contribution in [3.8, 4) is 0 Å². The maximum absolute atomic E-state index is 12.3. The quantitative estimate of drug-likeness (QED) is 0.814. The zero-order chi connectivity index (χ0) is 13.5. The van der Waals surface area contributed by atoms with Gasteiger partial charge in [-0.25, -0.2) is 13.1 Å². The molecule has 19 heavy (non-hydrogen) atoms. The molecule has 2 fully saturated rings. The van der Waals surface area contributed by atoms with Crippen molar-refractivity contribution >= 4 is 10.0 Å². The van der Waals surface area contributed by atoms with Crippen LogP contribution in [0.15, 0.2) is 17.3 Å². The average molecular weight is 284 g/mol. The number of aromatic nitrogens is 2. The Labute approximate surface area is 113 Å².